The van der Waals surface area contributed by atoms with E-state index in [0.717, 1.165) is 11.4 Å². The van der Waals surface area contributed by atoms with Crippen LogP contribution in [0.3, 0.4) is 0 Å². The summed E-state index contributed by atoms with van der Waals surface area (Å²) in [6.07, 6.45) is 0.652. The molecule has 1 rings (SSSR count). The summed E-state index contributed by atoms with van der Waals surface area (Å²) >= 11 is 0. The van der Waals surface area contributed by atoms with E-state index in [1.807, 2.05) is 26.8 Å². The Bertz CT molecular complexity index is 456. The Kier molecular flexibility index (Phi) is 4.86. The van der Waals surface area contributed by atoms with Crippen LogP contribution in [0.5, 0.6) is 0 Å². The first-order valence-electron chi connectivity index (χ1n) is 6.55. The monoisotopic (exact) mass is 265 g/mol. The summed E-state index contributed by atoms with van der Waals surface area (Å²) in [4.78, 5) is 19.5. The van der Waals surface area contributed by atoms with Crippen LogP contribution in [0.25, 0.3) is 0 Å². The fourth-order valence-electron chi connectivity index (χ4n) is 1.73. The van der Waals surface area contributed by atoms with Gasteiger partial charge in [0.05, 0.1) is 0 Å². The van der Waals surface area contributed by atoms with Crippen LogP contribution in [0.15, 0.2) is 6.07 Å². The topological polar surface area (TPSA) is 75.1 Å². The summed E-state index contributed by atoms with van der Waals surface area (Å²) in [6, 6.07) is 1.97. The number of nitrogens with zero attached hydrogens (tertiary/aromatic N) is 2. The van der Waals surface area contributed by atoms with Gasteiger partial charge in [-0.3, -0.25) is 4.79 Å². The SMILES string of the molecule is Cc1cc(C(C)C)nc(NC(C)(C)CCC(=O)O)n1. The van der Waals surface area contributed by atoms with Crippen molar-refractivity contribution in [2.75, 3.05) is 5.32 Å². The normalized spacial score (nSPS) is 11.7. The average molecular weight is 265 g/mol. The van der Waals surface area contributed by atoms with Crippen molar-refractivity contribution in [3.05, 3.63) is 17.5 Å². The third-order valence-corrected chi connectivity index (χ3v) is 2.88. The molecule has 0 radical (unpaired) electrons. The molecule has 0 aliphatic rings. The number of hydrogen-bond acceptors (Lipinski definition) is 4. The molecule has 106 valence electrons. The van der Waals surface area contributed by atoms with E-state index >= 15 is 0 Å². The van der Waals surface area contributed by atoms with Gasteiger partial charge >= 0.3 is 5.97 Å². The molecular formula is C14H23N3O2. The zero-order valence-electron chi connectivity index (χ0n) is 12.3. The fourth-order valence-corrected chi connectivity index (χ4v) is 1.73. The van der Waals surface area contributed by atoms with E-state index in [-0.39, 0.29) is 12.0 Å². The molecule has 0 aliphatic carbocycles. The molecule has 0 bridgehead atoms. The van der Waals surface area contributed by atoms with Gasteiger partial charge in [0.15, 0.2) is 0 Å². The molecule has 0 amide bonds. The summed E-state index contributed by atoms with van der Waals surface area (Å²) < 4.78 is 0. The molecule has 2 N–H and O–H groups in total. The molecule has 0 aliphatic heterocycles. The van der Waals surface area contributed by atoms with Crippen LogP contribution < -0.4 is 5.32 Å². The maximum Gasteiger partial charge on any atom is 0.303 e. The van der Waals surface area contributed by atoms with Crippen LogP contribution in [0.4, 0.5) is 5.95 Å². The number of hydrogen-bond donors (Lipinski definition) is 2. The van der Waals surface area contributed by atoms with E-state index in [1.165, 1.54) is 0 Å². The third-order valence-electron chi connectivity index (χ3n) is 2.88. The van der Waals surface area contributed by atoms with Gasteiger partial charge in [-0.05, 0) is 39.2 Å². The van der Waals surface area contributed by atoms with Crippen LogP contribution in [0.1, 0.15) is 57.8 Å². The molecule has 0 saturated carbocycles. The van der Waals surface area contributed by atoms with E-state index in [4.69, 9.17) is 5.11 Å². The largest absolute Gasteiger partial charge is 0.481 e. The Hall–Kier alpha value is -1.65. The molecule has 19 heavy (non-hydrogen) atoms. The lowest BCUT2D eigenvalue weighted by Crippen LogP contribution is -2.32. The zero-order valence-corrected chi connectivity index (χ0v) is 12.3. The lowest BCUT2D eigenvalue weighted by Gasteiger charge is -2.26. The number of aromatic nitrogens is 2. The smallest absolute Gasteiger partial charge is 0.303 e. The number of carboxylic acids is 1. The van der Waals surface area contributed by atoms with Gasteiger partial charge in [0.1, 0.15) is 0 Å². The van der Waals surface area contributed by atoms with Crippen molar-refractivity contribution >= 4 is 11.9 Å². The maximum absolute atomic E-state index is 10.6. The van der Waals surface area contributed by atoms with Gasteiger partial charge in [-0.25, -0.2) is 9.97 Å². The quantitative estimate of drug-likeness (QED) is 0.827. The molecule has 5 heteroatoms. The van der Waals surface area contributed by atoms with Crippen molar-refractivity contribution in [2.24, 2.45) is 0 Å². The first-order chi connectivity index (χ1) is 8.69. The van der Waals surface area contributed by atoms with Gasteiger partial charge in [-0.15, -0.1) is 0 Å². The highest BCUT2D eigenvalue weighted by Gasteiger charge is 2.20. The van der Waals surface area contributed by atoms with Crippen LogP contribution >= 0.6 is 0 Å². The number of carbonyl (C=O) groups is 1. The molecule has 1 aromatic heterocycles. The molecule has 0 aromatic carbocycles. The van der Waals surface area contributed by atoms with Gasteiger partial charge in [0.2, 0.25) is 5.95 Å². The number of aryl methyl sites for hydroxylation is 1. The van der Waals surface area contributed by atoms with Gasteiger partial charge in [-0.1, -0.05) is 13.8 Å². The minimum Gasteiger partial charge on any atom is -0.481 e. The molecule has 0 unspecified atom stereocenters. The first-order valence-corrected chi connectivity index (χ1v) is 6.55. The highest BCUT2D eigenvalue weighted by molar-refractivity contribution is 5.66. The molecule has 0 fully saturated rings. The predicted octanol–water partition coefficient (Wildman–Crippen LogP) is 2.96. The minimum absolute atomic E-state index is 0.128. The van der Waals surface area contributed by atoms with E-state index in [1.54, 1.807) is 0 Å². The predicted molar refractivity (Wildman–Crippen MR) is 75.4 cm³/mol. The molecule has 1 aromatic rings. The average Bonchev–Trinajstić information content (AvgIpc) is 2.25. The highest BCUT2D eigenvalue weighted by atomic mass is 16.4. The van der Waals surface area contributed by atoms with Crippen molar-refractivity contribution in [3.63, 3.8) is 0 Å². The van der Waals surface area contributed by atoms with Crippen molar-refractivity contribution in [1.82, 2.24) is 9.97 Å². The number of anilines is 1. The Morgan fingerprint density at radius 2 is 2.05 bits per heavy atom. The van der Waals surface area contributed by atoms with Crippen molar-refractivity contribution < 1.29 is 9.90 Å². The van der Waals surface area contributed by atoms with E-state index in [2.05, 4.69) is 29.1 Å². The number of aliphatic carboxylic acids is 1. The van der Waals surface area contributed by atoms with Crippen LogP contribution in [0, 0.1) is 6.92 Å². The summed E-state index contributed by atoms with van der Waals surface area (Å²) in [5, 5.41) is 12.0. The summed E-state index contributed by atoms with van der Waals surface area (Å²) in [7, 11) is 0. The summed E-state index contributed by atoms with van der Waals surface area (Å²) in [6.45, 7) is 10.0. The lowest BCUT2D eigenvalue weighted by atomic mass is 9.99. The van der Waals surface area contributed by atoms with Crippen LogP contribution in [0.2, 0.25) is 0 Å². The minimum atomic E-state index is -0.789. The number of carboxylic acid groups (broad SMARTS) is 1. The van der Waals surface area contributed by atoms with E-state index < -0.39 is 5.97 Å². The van der Waals surface area contributed by atoms with Crippen molar-refractivity contribution in [2.45, 2.75) is 58.9 Å². The molecule has 5 nitrogen and oxygen atoms in total. The second-order valence-corrected chi connectivity index (χ2v) is 5.82. The lowest BCUT2D eigenvalue weighted by molar-refractivity contribution is -0.137. The Morgan fingerprint density at radius 1 is 1.42 bits per heavy atom. The number of nitrogens with one attached hydrogen (secondary N) is 1. The number of rotatable bonds is 6. The summed E-state index contributed by atoms with van der Waals surface area (Å²) in [5.74, 6) is 0.117. The van der Waals surface area contributed by atoms with Gasteiger partial charge in [-0.2, -0.15) is 0 Å². The molecular weight excluding hydrogens is 242 g/mol. The fraction of sp³-hybridized carbons (Fsp3) is 0.643. The molecule has 1 heterocycles. The van der Waals surface area contributed by atoms with E-state index in [9.17, 15) is 4.79 Å². The molecule has 0 atom stereocenters. The summed E-state index contributed by atoms with van der Waals surface area (Å²) in [5.41, 5.74) is 1.56. The van der Waals surface area contributed by atoms with Crippen LogP contribution in [-0.2, 0) is 4.79 Å². The van der Waals surface area contributed by atoms with Gasteiger partial charge in [0.25, 0.3) is 0 Å². The van der Waals surface area contributed by atoms with Crippen LogP contribution in [-0.4, -0.2) is 26.6 Å². The Labute approximate surface area is 114 Å². The molecule has 0 spiro atoms. The van der Waals surface area contributed by atoms with Crippen molar-refractivity contribution in [3.8, 4) is 0 Å². The second-order valence-electron chi connectivity index (χ2n) is 5.82. The van der Waals surface area contributed by atoms with Crippen molar-refractivity contribution in [1.29, 1.82) is 0 Å². The van der Waals surface area contributed by atoms with E-state index in [0.29, 0.717) is 18.3 Å². The van der Waals surface area contributed by atoms with Gasteiger partial charge in [0, 0.05) is 23.3 Å². The Balaban J connectivity index is 2.83. The second kappa shape index (κ2) is 5.99. The van der Waals surface area contributed by atoms with Gasteiger partial charge < -0.3 is 10.4 Å². The standard InChI is InChI=1S/C14H23N3O2/c1-9(2)11-8-10(3)15-13(16-11)17-14(4,5)7-6-12(18)19/h8-9H,6-7H2,1-5H3,(H,18,19)(H,15,16,17). The third kappa shape index (κ3) is 5.24. The maximum atomic E-state index is 10.6. The Morgan fingerprint density at radius 3 is 2.58 bits per heavy atom. The highest BCUT2D eigenvalue weighted by Crippen LogP contribution is 2.20. The zero-order chi connectivity index (χ0) is 14.6. The first kappa shape index (κ1) is 15.4. The molecule has 0 saturated heterocycles.